The first-order chi connectivity index (χ1) is 9.60. The van der Waals surface area contributed by atoms with Gasteiger partial charge >= 0.3 is 0 Å². The van der Waals surface area contributed by atoms with E-state index in [-0.39, 0.29) is 0 Å². The quantitative estimate of drug-likeness (QED) is 0.770. The lowest BCUT2D eigenvalue weighted by Gasteiger charge is -2.17. The van der Waals surface area contributed by atoms with Crippen LogP contribution < -0.4 is 0 Å². The van der Waals surface area contributed by atoms with Crippen molar-refractivity contribution in [2.45, 2.75) is 38.6 Å². The molecule has 0 saturated heterocycles. The fourth-order valence-electron chi connectivity index (χ4n) is 2.97. The Hall–Kier alpha value is -1.07. The Labute approximate surface area is 123 Å². The second-order valence-electron chi connectivity index (χ2n) is 5.87. The second-order valence-corrected chi connectivity index (χ2v) is 6.14. The number of methoxy groups -OCH3 is 1. The lowest BCUT2D eigenvalue weighted by atomic mass is 10.0. The van der Waals surface area contributed by atoms with Crippen LogP contribution in [-0.2, 0) is 24.2 Å². The number of aromatic nitrogens is 4. The van der Waals surface area contributed by atoms with Gasteiger partial charge in [-0.05, 0) is 31.6 Å². The number of halogens is 1. The van der Waals surface area contributed by atoms with Gasteiger partial charge in [0.05, 0.1) is 11.6 Å². The lowest BCUT2D eigenvalue weighted by molar-refractivity contribution is 0.167. The Morgan fingerprint density at radius 3 is 2.75 bits per heavy atom. The maximum Gasteiger partial charge on any atom is 0.158 e. The molecule has 3 rings (SSSR count). The normalized spacial score (nSPS) is 17.0. The molecular weight excluding hydrogens is 276 g/mol. The summed E-state index contributed by atoms with van der Waals surface area (Å²) >= 11 is 6.08. The van der Waals surface area contributed by atoms with E-state index in [0.717, 1.165) is 42.3 Å². The minimum atomic E-state index is 0.364. The van der Waals surface area contributed by atoms with Crippen LogP contribution in [0.3, 0.4) is 0 Å². The van der Waals surface area contributed by atoms with Gasteiger partial charge in [-0.15, -0.1) is 11.6 Å². The van der Waals surface area contributed by atoms with Crippen LogP contribution in [0, 0.1) is 12.3 Å². The Kier molecular flexibility index (Phi) is 3.50. The molecule has 0 radical (unpaired) electrons. The van der Waals surface area contributed by atoms with E-state index in [1.165, 1.54) is 12.8 Å². The molecule has 0 unspecified atom stereocenters. The van der Waals surface area contributed by atoms with Gasteiger partial charge in [-0.25, -0.2) is 4.98 Å². The molecule has 1 aliphatic carbocycles. The number of hydrogen-bond donors (Lipinski definition) is 0. The largest absolute Gasteiger partial charge is 0.385 e. The van der Waals surface area contributed by atoms with Crippen LogP contribution >= 0.6 is 11.6 Å². The number of hydrogen-bond acceptors (Lipinski definition) is 3. The minimum Gasteiger partial charge on any atom is -0.385 e. The molecule has 1 aliphatic rings. The smallest absolute Gasteiger partial charge is 0.158 e. The van der Waals surface area contributed by atoms with Crippen molar-refractivity contribution in [1.29, 1.82) is 0 Å². The summed E-state index contributed by atoms with van der Waals surface area (Å²) in [5.41, 5.74) is 3.39. The summed E-state index contributed by atoms with van der Waals surface area (Å²) in [4.78, 5) is 4.66. The Bertz CT molecular complexity index is 627. The van der Waals surface area contributed by atoms with Gasteiger partial charge in [-0.1, -0.05) is 0 Å². The van der Waals surface area contributed by atoms with Crippen molar-refractivity contribution in [1.82, 2.24) is 19.3 Å². The molecule has 0 bridgehead atoms. The zero-order valence-electron chi connectivity index (χ0n) is 12.3. The number of rotatable bonds is 6. The molecule has 5 nitrogen and oxygen atoms in total. The van der Waals surface area contributed by atoms with E-state index in [1.807, 2.05) is 18.7 Å². The molecule has 110 valence electrons. The third-order valence-electron chi connectivity index (χ3n) is 4.38. The number of fused-ring (bicyclic) bond motifs is 1. The molecule has 1 saturated carbocycles. The van der Waals surface area contributed by atoms with E-state index in [2.05, 4.69) is 14.6 Å². The molecule has 0 aliphatic heterocycles. The predicted octanol–water partition coefficient (Wildman–Crippen LogP) is 2.63. The average molecular weight is 297 g/mol. The standard InChI is InChI=1S/C14H21ClN4O/c1-10-12-13(18(2)17-10)19(11(8-15)16-12)9-14(4-5-14)6-7-20-3/h4-9H2,1-3H3. The van der Waals surface area contributed by atoms with E-state index in [1.54, 1.807) is 7.11 Å². The van der Waals surface area contributed by atoms with Gasteiger partial charge < -0.3 is 9.30 Å². The third kappa shape index (κ3) is 2.23. The van der Waals surface area contributed by atoms with Gasteiger partial charge in [0.25, 0.3) is 0 Å². The van der Waals surface area contributed by atoms with Crippen molar-refractivity contribution in [3.8, 4) is 0 Å². The molecule has 0 atom stereocenters. The summed E-state index contributed by atoms with van der Waals surface area (Å²) in [7, 11) is 3.74. The molecule has 6 heteroatoms. The van der Waals surface area contributed by atoms with E-state index in [0.29, 0.717) is 11.3 Å². The summed E-state index contributed by atoms with van der Waals surface area (Å²) < 4.78 is 9.41. The van der Waals surface area contributed by atoms with Crippen LogP contribution in [0.2, 0.25) is 0 Å². The summed E-state index contributed by atoms with van der Waals surface area (Å²) in [5.74, 6) is 1.38. The molecule has 0 amide bonds. The van der Waals surface area contributed by atoms with Crippen LogP contribution in [0.15, 0.2) is 0 Å². The predicted molar refractivity (Wildman–Crippen MR) is 79.0 cm³/mol. The maximum atomic E-state index is 6.08. The Morgan fingerprint density at radius 1 is 1.40 bits per heavy atom. The topological polar surface area (TPSA) is 44.9 Å². The Morgan fingerprint density at radius 2 is 2.15 bits per heavy atom. The first-order valence-electron chi connectivity index (χ1n) is 7.04. The van der Waals surface area contributed by atoms with Crippen molar-refractivity contribution in [3.05, 3.63) is 11.5 Å². The van der Waals surface area contributed by atoms with Crippen LogP contribution in [0.4, 0.5) is 0 Å². The van der Waals surface area contributed by atoms with Gasteiger partial charge in [0, 0.05) is 27.3 Å². The molecule has 20 heavy (non-hydrogen) atoms. The molecule has 1 fully saturated rings. The van der Waals surface area contributed by atoms with E-state index in [9.17, 15) is 0 Å². The molecule has 2 heterocycles. The minimum absolute atomic E-state index is 0.364. The van der Waals surface area contributed by atoms with Gasteiger partial charge in [-0.2, -0.15) is 5.10 Å². The monoisotopic (exact) mass is 296 g/mol. The van der Waals surface area contributed by atoms with Gasteiger partial charge in [0.2, 0.25) is 0 Å². The number of aryl methyl sites for hydroxylation is 2. The highest BCUT2D eigenvalue weighted by Gasteiger charge is 2.43. The average Bonchev–Trinajstić information content (AvgIpc) is 3.00. The van der Waals surface area contributed by atoms with E-state index < -0.39 is 0 Å². The summed E-state index contributed by atoms with van der Waals surface area (Å²) in [6.45, 7) is 3.78. The number of nitrogens with zero attached hydrogens (tertiary/aromatic N) is 4. The highest BCUT2D eigenvalue weighted by Crippen LogP contribution is 2.50. The zero-order valence-corrected chi connectivity index (χ0v) is 13.1. The number of ether oxygens (including phenoxy) is 1. The summed E-state index contributed by atoms with van der Waals surface area (Å²) in [6, 6.07) is 0. The molecule has 2 aromatic heterocycles. The molecule has 0 spiro atoms. The highest BCUT2D eigenvalue weighted by atomic mass is 35.5. The third-order valence-corrected chi connectivity index (χ3v) is 4.61. The summed E-state index contributed by atoms with van der Waals surface area (Å²) in [5, 5.41) is 4.46. The van der Waals surface area contributed by atoms with E-state index >= 15 is 0 Å². The van der Waals surface area contributed by atoms with Crippen LogP contribution in [-0.4, -0.2) is 33.0 Å². The van der Waals surface area contributed by atoms with Crippen molar-refractivity contribution >= 4 is 22.8 Å². The van der Waals surface area contributed by atoms with Crippen molar-refractivity contribution in [2.75, 3.05) is 13.7 Å². The van der Waals surface area contributed by atoms with Crippen LogP contribution in [0.5, 0.6) is 0 Å². The molecular formula is C14H21ClN4O. The van der Waals surface area contributed by atoms with Gasteiger partial charge in [0.1, 0.15) is 11.3 Å². The molecule has 0 N–H and O–H groups in total. The Balaban J connectivity index is 1.97. The number of alkyl halides is 1. The first kappa shape index (κ1) is 13.9. The van der Waals surface area contributed by atoms with E-state index in [4.69, 9.17) is 16.3 Å². The maximum absolute atomic E-state index is 6.08. The number of imidazole rings is 1. The zero-order chi connectivity index (χ0) is 14.3. The fraction of sp³-hybridized carbons (Fsp3) is 0.714. The lowest BCUT2D eigenvalue weighted by Crippen LogP contribution is -2.17. The molecule has 0 aromatic carbocycles. The van der Waals surface area contributed by atoms with Gasteiger partial charge in [0.15, 0.2) is 5.65 Å². The molecule has 2 aromatic rings. The first-order valence-corrected chi connectivity index (χ1v) is 7.57. The van der Waals surface area contributed by atoms with Crippen LogP contribution in [0.25, 0.3) is 11.2 Å². The van der Waals surface area contributed by atoms with Crippen molar-refractivity contribution in [3.63, 3.8) is 0 Å². The summed E-state index contributed by atoms with van der Waals surface area (Å²) in [6.07, 6.45) is 3.62. The highest BCUT2D eigenvalue weighted by molar-refractivity contribution is 6.16. The second kappa shape index (κ2) is 5.04. The SMILES string of the molecule is COCCC1(Cn2c(CCl)nc3c(C)nn(C)c32)CC1. The van der Waals surface area contributed by atoms with Crippen molar-refractivity contribution in [2.24, 2.45) is 12.5 Å². The van der Waals surface area contributed by atoms with Crippen LogP contribution in [0.1, 0.15) is 30.8 Å². The fourth-order valence-corrected chi connectivity index (χ4v) is 3.17. The van der Waals surface area contributed by atoms with Gasteiger partial charge in [-0.3, -0.25) is 4.68 Å². The van der Waals surface area contributed by atoms with Crippen molar-refractivity contribution < 1.29 is 4.74 Å².